The minimum absolute atomic E-state index is 0.464. The molecule has 0 bridgehead atoms. The van der Waals surface area contributed by atoms with Crippen LogP contribution < -0.4 is 0 Å². The molecule has 4 rings (SSSR count). The first kappa shape index (κ1) is 23.5. The Hall–Kier alpha value is -2.66. The summed E-state index contributed by atoms with van der Waals surface area (Å²) < 4.78 is 2.40. The van der Waals surface area contributed by atoms with Crippen LogP contribution in [0.25, 0.3) is 22.2 Å². The summed E-state index contributed by atoms with van der Waals surface area (Å²) in [5, 5.41) is 18.3. The summed E-state index contributed by atoms with van der Waals surface area (Å²) in [6, 6.07) is 2.23. The Bertz CT molecular complexity index is 1170. The molecule has 0 unspecified atom stereocenters. The number of fused-ring (bicyclic) bond motifs is 1. The normalized spacial score (nSPS) is 16.9. The summed E-state index contributed by atoms with van der Waals surface area (Å²) in [5.74, 6) is 0.709. The van der Waals surface area contributed by atoms with E-state index in [-0.39, 0.29) is 0 Å². The second-order valence-electron chi connectivity index (χ2n) is 9.90. The Balaban J connectivity index is 1.81. The highest BCUT2D eigenvalue weighted by Gasteiger charge is 2.20. The molecule has 2 aliphatic carbocycles. The number of nitrogens with zero attached hydrogens (tertiary/aromatic N) is 2. The molecule has 0 atom stereocenters. The Morgan fingerprint density at radius 2 is 1.91 bits per heavy atom. The van der Waals surface area contributed by atoms with E-state index in [1.165, 1.54) is 32.1 Å². The maximum absolute atomic E-state index is 10.0. The van der Waals surface area contributed by atoms with Crippen molar-refractivity contribution in [2.45, 2.75) is 72.7 Å². The van der Waals surface area contributed by atoms with E-state index in [0.717, 1.165) is 57.3 Å². The van der Waals surface area contributed by atoms with Crippen LogP contribution in [0.1, 0.15) is 70.4 Å². The zero-order valence-corrected chi connectivity index (χ0v) is 20.5. The third-order valence-corrected chi connectivity index (χ3v) is 7.00. The van der Waals surface area contributed by atoms with Crippen molar-refractivity contribution >= 4 is 34.8 Å². The first-order valence-electron chi connectivity index (χ1n) is 12.3. The van der Waals surface area contributed by atoms with Gasteiger partial charge in [-0.1, -0.05) is 61.4 Å². The third kappa shape index (κ3) is 5.14. The predicted molar refractivity (Wildman–Crippen MR) is 142 cm³/mol. The molecule has 0 spiro atoms. The molecule has 2 aromatic rings. The van der Waals surface area contributed by atoms with Crippen molar-refractivity contribution in [3.8, 4) is 0 Å². The first-order chi connectivity index (χ1) is 15.8. The molecule has 1 fully saturated rings. The van der Waals surface area contributed by atoms with Gasteiger partial charge in [-0.25, -0.2) is 0 Å². The highest BCUT2D eigenvalue weighted by Crippen LogP contribution is 2.33. The molecule has 1 saturated carbocycles. The molecule has 0 aromatic carbocycles. The average molecular weight is 441 g/mol. The van der Waals surface area contributed by atoms with E-state index in [4.69, 9.17) is 10.4 Å². The van der Waals surface area contributed by atoms with E-state index in [2.05, 4.69) is 48.9 Å². The van der Waals surface area contributed by atoms with E-state index >= 15 is 0 Å². The van der Waals surface area contributed by atoms with Crippen molar-refractivity contribution in [1.82, 2.24) is 9.55 Å². The number of pyridine rings is 1. The monoisotopic (exact) mass is 441 g/mol. The molecule has 0 saturated heterocycles. The molecule has 2 N–H and O–H groups in total. The van der Waals surface area contributed by atoms with Crippen LogP contribution in [0.4, 0.5) is 0 Å². The second-order valence-corrected chi connectivity index (χ2v) is 9.90. The lowest BCUT2D eigenvalue weighted by Gasteiger charge is -2.22. The topological polar surface area (TPSA) is 61.9 Å². The molecule has 2 aliphatic rings. The Labute approximate surface area is 198 Å². The van der Waals surface area contributed by atoms with Gasteiger partial charge in [0.25, 0.3) is 0 Å². The fraction of sp³-hybridized carbons (Fsp3) is 0.429. The van der Waals surface area contributed by atoms with Crippen molar-refractivity contribution in [2.75, 3.05) is 0 Å². The number of hydrogen-bond donors (Lipinski definition) is 2. The van der Waals surface area contributed by atoms with Gasteiger partial charge < -0.3 is 15.0 Å². The summed E-state index contributed by atoms with van der Waals surface area (Å²) in [6.45, 7) is 8.35. The van der Waals surface area contributed by atoms with Crippen LogP contribution in [0.15, 0.2) is 53.8 Å². The van der Waals surface area contributed by atoms with Gasteiger partial charge in [0.15, 0.2) is 0 Å². The van der Waals surface area contributed by atoms with Crippen molar-refractivity contribution in [3.05, 3.63) is 64.9 Å². The van der Waals surface area contributed by atoms with Crippen LogP contribution in [0.5, 0.6) is 0 Å². The minimum atomic E-state index is -0.464. The number of allylic oxidation sites excluding steroid dienone is 8. The largest absolute Gasteiger partial charge is 0.447 e. The number of hydrogen-bond acceptors (Lipinski definition) is 3. The molecular weight excluding hydrogens is 405 g/mol. The Kier molecular flexibility index (Phi) is 7.18. The molecule has 4 nitrogen and oxygen atoms in total. The maximum atomic E-state index is 10.0. The minimum Gasteiger partial charge on any atom is -0.447 e. The van der Waals surface area contributed by atoms with Crippen LogP contribution in [-0.4, -0.2) is 27.2 Å². The van der Waals surface area contributed by atoms with Gasteiger partial charge in [-0.15, -0.1) is 0 Å². The van der Waals surface area contributed by atoms with Crippen molar-refractivity contribution in [3.63, 3.8) is 0 Å². The van der Waals surface area contributed by atoms with E-state index in [1.54, 1.807) is 0 Å². The zero-order chi connectivity index (χ0) is 23.5. The standard InChI is InChI=1S/C28H36BN3O/c1-19(2)27(20(3)30)23-15-26-28(31-16-23)25(18-32(26)17-21-9-6-5-7-10-21)22-11-8-12-24(14-13-22)29(4)33/h11-16,18,21,30,33H,5-10,17H2,1-4H3. The molecule has 2 heterocycles. The van der Waals surface area contributed by atoms with Crippen molar-refractivity contribution < 1.29 is 5.02 Å². The van der Waals surface area contributed by atoms with E-state index in [9.17, 15) is 5.02 Å². The molecule has 5 heteroatoms. The second kappa shape index (κ2) is 10.1. The smallest absolute Gasteiger partial charge is 0.320 e. The molecule has 33 heavy (non-hydrogen) atoms. The lowest BCUT2D eigenvalue weighted by atomic mass is 9.63. The Morgan fingerprint density at radius 1 is 1.15 bits per heavy atom. The van der Waals surface area contributed by atoms with Gasteiger partial charge in [0.05, 0.1) is 11.0 Å². The van der Waals surface area contributed by atoms with Gasteiger partial charge in [0.1, 0.15) is 0 Å². The summed E-state index contributed by atoms with van der Waals surface area (Å²) >= 11 is 0. The predicted octanol–water partition coefficient (Wildman–Crippen LogP) is 6.87. The van der Waals surface area contributed by atoms with Gasteiger partial charge in [0, 0.05) is 41.4 Å². The molecule has 0 aliphatic heterocycles. The van der Waals surface area contributed by atoms with Gasteiger partial charge in [-0.05, 0) is 57.6 Å². The average Bonchev–Trinajstić information content (AvgIpc) is 2.95. The van der Waals surface area contributed by atoms with Gasteiger partial charge in [-0.3, -0.25) is 4.98 Å². The molecule has 0 amide bonds. The van der Waals surface area contributed by atoms with Gasteiger partial charge in [-0.2, -0.15) is 0 Å². The van der Waals surface area contributed by atoms with Crippen molar-refractivity contribution in [2.24, 2.45) is 5.92 Å². The summed E-state index contributed by atoms with van der Waals surface area (Å²) in [7, 11) is 0. The van der Waals surface area contributed by atoms with E-state index in [0.29, 0.717) is 11.6 Å². The van der Waals surface area contributed by atoms with Crippen molar-refractivity contribution in [1.29, 1.82) is 5.41 Å². The molecular formula is C28H36BN3O. The third-order valence-electron chi connectivity index (χ3n) is 7.00. The zero-order valence-electron chi connectivity index (χ0n) is 20.5. The van der Waals surface area contributed by atoms with Crippen LogP contribution >= 0.6 is 0 Å². The maximum Gasteiger partial charge on any atom is 0.320 e. The number of nitrogens with one attached hydrogen (secondary N) is 1. The number of aromatic nitrogens is 2. The van der Waals surface area contributed by atoms with E-state index in [1.807, 2.05) is 26.0 Å². The van der Waals surface area contributed by atoms with E-state index < -0.39 is 6.92 Å². The lowest BCUT2D eigenvalue weighted by Crippen LogP contribution is -2.13. The lowest BCUT2D eigenvalue weighted by molar-refractivity contribution is 0.322. The molecule has 0 radical (unpaired) electrons. The Morgan fingerprint density at radius 3 is 2.58 bits per heavy atom. The molecule has 172 valence electrons. The highest BCUT2D eigenvalue weighted by molar-refractivity contribution is 6.58. The van der Waals surface area contributed by atoms with Crippen LogP contribution in [0, 0.1) is 11.3 Å². The molecule has 2 aromatic heterocycles. The number of rotatable bonds is 6. The summed E-state index contributed by atoms with van der Waals surface area (Å²) in [5.41, 5.74) is 9.14. The summed E-state index contributed by atoms with van der Waals surface area (Å²) in [4.78, 5) is 4.95. The van der Waals surface area contributed by atoms with Crippen LogP contribution in [0.3, 0.4) is 0 Å². The first-order valence-corrected chi connectivity index (χ1v) is 12.3. The quantitative estimate of drug-likeness (QED) is 0.379. The van der Waals surface area contributed by atoms with Crippen LogP contribution in [0.2, 0.25) is 6.82 Å². The fourth-order valence-corrected chi connectivity index (χ4v) is 5.35. The summed E-state index contributed by atoms with van der Waals surface area (Å²) in [6.07, 6.45) is 20.1. The fourth-order valence-electron chi connectivity index (χ4n) is 5.35. The van der Waals surface area contributed by atoms with Crippen LogP contribution in [-0.2, 0) is 6.54 Å². The van der Waals surface area contributed by atoms with Gasteiger partial charge >= 0.3 is 6.92 Å². The SMILES string of the molecule is CB(O)C1=CCC=C(c2cn(CC3CCCCC3)c3cc(C(C(C)=N)=C(C)C)cnc23)C=C1. The van der Waals surface area contributed by atoms with Gasteiger partial charge in [0.2, 0.25) is 0 Å². The highest BCUT2D eigenvalue weighted by atomic mass is 16.2.